The van der Waals surface area contributed by atoms with Crippen molar-refractivity contribution in [1.82, 2.24) is 10.2 Å². The molecule has 7 heteroatoms. The second-order valence-corrected chi connectivity index (χ2v) is 8.94. The van der Waals surface area contributed by atoms with E-state index >= 15 is 0 Å². The van der Waals surface area contributed by atoms with Gasteiger partial charge in [-0.25, -0.2) is 4.79 Å². The third-order valence-electron chi connectivity index (χ3n) is 5.32. The first-order valence-electron chi connectivity index (χ1n) is 10.4. The predicted molar refractivity (Wildman–Crippen MR) is 111 cm³/mol. The Morgan fingerprint density at radius 2 is 1.93 bits per heavy atom. The number of benzene rings is 1. The number of hydrogen-bond donors (Lipinski definition) is 2. The van der Waals surface area contributed by atoms with Gasteiger partial charge in [0.2, 0.25) is 11.8 Å². The maximum atomic E-state index is 12.3. The molecule has 0 aliphatic carbocycles. The second kappa shape index (κ2) is 8.84. The van der Waals surface area contributed by atoms with Crippen LogP contribution >= 0.6 is 0 Å². The van der Waals surface area contributed by atoms with E-state index in [4.69, 9.17) is 4.74 Å². The maximum absolute atomic E-state index is 12.3. The van der Waals surface area contributed by atoms with E-state index in [-0.39, 0.29) is 23.8 Å². The number of imide groups is 1. The van der Waals surface area contributed by atoms with E-state index < -0.39 is 5.60 Å². The molecule has 1 aromatic rings. The third-order valence-corrected chi connectivity index (χ3v) is 5.32. The Kier molecular flexibility index (Phi) is 6.45. The van der Waals surface area contributed by atoms with Crippen molar-refractivity contribution in [2.45, 2.75) is 58.0 Å². The lowest BCUT2D eigenvalue weighted by atomic mass is 9.90. The Bertz CT molecular complexity index is 754. The second-order valence-electron chi connectivity index (χ2n) is 8.94. The van der Waals surface area contributed by atoms with Gasteiger partial charge in [-0.1, -0.05) is 12.1 Å². The van der Waals surface area contributed by atoms with E-state index in [9.17, 15) is 14.4 Å². The average molecular weight is 402 g/mol. The van der Waals surface area contributed by atoms with Crippen LogP contribution in [0.25, 0.3) is 0 Å². The van der Waals surface area contributed by atoms with Crippen molar-refractivity contribution in [3.63, 3.8) is 0 Å². The lowest BCUT2D eigenvalue weighted by molar-refractivity contribution is -0.134. The van der Waals surface area contributed by atoms with E-state index in [2.05, 4.69) is 10.6 Å². The number of amides is 3. The molecule has 2 fully saturated rings. The van der Waals surface area contributed by atoms with Crippen LogP contribution in [-0.2, 0) is 14.3 Å². The van der Waals surface area contributed by atoms with Crippen LogP contribution in [0.4, 0.5) is 10.5 Å². The van der Waals surface area contributed by atoms with E-state index in [1.165, 1.54) is 0 Å². The summed E-state index contributed by atoms with van der Waals surface area (Å²) in [5, 5.41) is 5.84. The summed E-state index contributed by atoms with van der Waals surface area (Å²) >= 11 is 0. The van der Waals surface area contributed by atoms with Crippen molar-refractivity contribution in [3.8, 4) is 0 Å². The van der Waals surface area contributed by atoms with Crippen LogP contribution in [-0.4, -0.2) is 48.0 Å². The zero-order valence-corrected chi connectivity index (χ0v) is 17.5. The average Bonchev–Trinajstić information content (AvgIpc) is 2.66. The number of nitrogens with one attached hydrogen (secondary N) is 2. The molecule has 3 amide bonds. The number of carbonyl (C=O) groups excluding carboxylic acids is 3. The Hall–Kier alpha value is -2.57. The number of piperidine rings is 2. The molecule has 0 radical (unpaired) electrons. The van der Waals surface area contributed by atoms with E-state index in [1.54, 1.807) is 4.90 Å². The summed E-state index contributed by atoms with van der Waals surface area (Å²) < 4.78 is 5.49. The van der Waals surface area contributed by atoms with Crippen LogP contribution in [0.3, 0.4) is 0 Å². The quantitative estimate of drug-likeness (QED) is 0.756. The number of ether oxygens (including phenoxy) is 1. The van der Waals surface area contributed by atoms with Gasteiger partial charge in [-0.05, 0) is 63.6 Å². The highest BCUT2D eigenvalue weighted by molar-refractivity contribution is 6.00. The molecule has 7 nitrogen and oxygen atoms in total. The number of nitrogens with zero attached hydrogens (tertiary/aromatic N) is 1. The molecule has 0 saturated carbocycles. The number of likely N-dealkylation sites (tertiary alicyclic amines) is 1. The Morgan fingerprint density at radius 3 is 2.59 bits per heavy atom. The SMILES string of the molecule is CC(C)(C)OC(=O)N1CCC[C@@H](CNc2ccc(C3CCC(=O)NC3=O)cc2)C1. The van der Waals surface area contributed by atoms with Gasteiger partial charge >= 0.3 is 6.09 Å². The van der Waals surface area contributed by atoms with E-state index in [1.807, 2.05) is 45.0 Å². The molecule has 2 aliphatic heterocycles. The first-order chi connectivity index (χ1) is 13.7. The fraction of sp³-hybridized carbons (Fsp3) is 0.591. The summed E-state index contributed by atoms with van der Waals surface area (Å²) in [5.41, 5.74) is 1.43. The van der Waals surface area contributed by atoms with Gasteiger partial charge in [0.15, 0.2) is 0 Å². The van der Waals surface area contributed by atoms with Gasteiger partial charge in [-0.15, -0.1) is 0 Å². The number of carbonyl (C=O) groups is 3. The summed E-state index contributed by atoms with van der Waals surface area (Å²) in [6.45, 7) is 7.85. The molecule has 2 aliphatic rings. The van der Waals surface area contributed by atoms with Crippen LogP contribution in [0.15, 0.2) is 24.3 Å². The van der Waals surface area contributed by atoms with Crippen LogP contribution in [0.2, 0.25) is 0 Å². The summed E-state index contributed by atoms with van der Waals surface area (Å²) in [6, 6.07) is 7.81. The summed E-state index contributed by atoms with van der Waals surface area (Å²) in [6.07, 6.45) is 2.74. The lowest BCUT2D eigenvalue weighted by Crippen LogP contribution is -2.44. The molecule has 0 bridgehead atoms. The van der Waals surface area contributed by atoms with Gasteiger partial charge in [0, 0.05) is 31.7 Å². The number of anilines is 1. The predicted octanol–water partition coefficient (Wildman–Crippen LogP) is 3.27. The molecule has 0 aromatic heterocycles. The van der Waals surface area contributed by atoms with Crippen molar-refractivity contribution in [2.24, 2.45) is 5.92 Å². The highest BCUT2D eigenvalue weighted by Gasteiger charge is 2.29. The monoisotopic (exact) mass is 401 g/mol. The molecule has 2 saturated heterocycles. The number of rotatable bonds is 4. The van der Waals surface area contributed by atoms with Gasteiger partial charge in [0.25, 0.3) is 0 Å². The Balaban J connectivity index is 1.50. The summed E-state index contributed by atoms with van der Waals surface area (Å²) in [7, 11) is 0. The van der Waals surface area contributed by atoms with Crippen molar-refractivity contribution in [3.05, 3.63) is 29.8 Å². The molecule has 1 aromatic carbocycles. The van der Waals surface area contributed by atoms with Gasteiger partial charge in [-0.3, -0.25) is 14.9 Å². The summed E-state index contributed by atoms with van der Waals surface area (Å²) in [4.78, 5) is 37.4. The smallest absolute Gasteiger partial charge is 0.410 e. The number of hydrogen-bond acceptors (Lipinski definition) is 5. The van der Waals surface area contributed by atoms with Crippen LogP contribution in [0.5, 0.6) is 0 Å². The zero-order valence-electron chi connectivity index (χ0n) is 17.5. The van der Waals surface area contributed by atoms with E-state index in [0.29, 0.717) is 25.3 Å². The van der Waals surface area contributed by atoms with Crippen LogP contribution < -0.4 is 10.6 Å². The minimum Gasteiger partial charge on any atom is -0.444 e. The lowest BCUT2D eigenvalue weighted by Gasteiger charge is -2.34. The molecule has 0 spiro atoms. The molecule has 2 atom stereocenters. The summed E-state index contributed by atoms with van der Waals surface area (Å²) in [5.74, 6) is -0.308. The maximum Gasteiger partial charge on any atom is 0.410 e. The normalized spacial score (nSPS) is 22.8. The molecule has 158 valence electrons. The Labute approximate surface area is 172 Å². The van der Waals surface area contributed by atoms with Crippen molar-refractivity contribution in [2.75, 3.05) is 25.0 Å². The third kappa shape index (κ3) is 5.95. The van der Waals surface area contributed by atoms with Crippen molar-refractivity contribution >= 4 is 23.6 Å². The first kappa shape index (κ1) is 21.1. The topological polar surface area (TPSA) is 87.7 Å². The van der Waals surface area contributed by atoms with E-state index in [0.717, 1.165) is 37.2 Å². The van der Waals surface area contributed by atoms with Gasteiger partial charge in [0.05, 0.1) is 5.92 Å². The zero-order chi connectivity index (χ0) is 21.0. The first-order valence-corrected chi connectivity index (χ1v) is 10.4. The van der Waals surface area contributed by atoms with Gasteiger partial charge in [0.1, 0.15) is 5.60 Å². The van der Waals surface area contributed by atoms with Crippen LogP contribution in [0, 0.1) is 5.92 Å². The van der Waals surface area contributed by atoms with Crippen molar-refractivity contribution < 1.29 is 19.1 Å². The minimum atomic E-state index is -0.480. The van der Waals surface area contributed by atoms with Gasteiger partial charge in [-0.2, -0.15) is 0 Å². The molecule has 29 heavy (non-hydrogen) atoms. The molecular weight excluding hydrogens is 370 g/mol. The molecular formula is C22H31N3O4. The highest BCUT2D eigenvalue weighted by atomic mass is 16.6. The fourth-order valence-corrected chi connectivity index (χ4v) is 3.83. The fourth-order valence-electron chi connectivity index (χ4n) is 3.83. The molecule has 2 heterocycles. The highest BCUT2D eigenvalue weighted by Crippen LogP contribution is 2.26. The Morgan fingerprint density at radius 1 is 1.21 bits per heavy atom. The minimum absolute atomic E-state index is 0.197. The molecule has 1 unspecified atom stereocenters. The standard InChI is InChI=1S/C22H31N3O4/c1-22(2,3)29-21(28)25-12-4-5-15(14-25)13-23-17-8-6-16(7-9-17)18-10-11-19(26)24-20(18)27/h6-9,15,18,23H,4-5,10-14H2,1-3H3,(H,24,26,27)/t15-,18?/m0/s1. The largest absolute Gasteiger partial charge is 0.444 e. The van der Waals surface area contributed by atoms with Crippen LogP contribution in [0.1, 0.15) is 57.9 Å². The molecule has 3 rings (SSSR count). The van der Waals surface area contributed by atoms with Crippen molar-refractivity contribution in [1.29, 1.82) is 0 Å². The van der Waals surface area contributed by atoms with Gasteiger partial charge < -0.3 is 15.0 Å². The molecule has 2 N–H and O–H groups in total.